The molecule has 0 aliphatic rings. The van der Waals surface area contributed by atoms with E-state index in [-0.39, 0.29) is 18.0 Å². The van der Waals surface area contributed by atoms with E-state index in [1.807, 2.05) is 0 Å². The summed E-state index contributed by atoms with van der Waals surface area (Å²) in [5, 5.41) is 9.74. The third-order valence-corrected chi connectivity index (χ3v) is 2.41. The Morgan fingerprint density at radius 2 is 2.26 bits per heavy atom. The van der Waals surface area contributed by atoms with E-state index >= 15 is 0 Å². The quantitative estimate of drug-likeness (QED) is 0.641. The molecular formula is C13H13N3O3. The van der Waals surface area contributed by atoms with Crippen LogP contribution in [-0.4, -0.2) is 27.7 Å². The van der Waals surface area contributed by atoms with Gasteiger partial charge in [0.15, 0.2) is 5.82 Å². The summed E-state index contributed by atoms with van der Waals surface area (Å²) in [6.07, 6.45) is 1.23. The van der Waals surface area contributed by atoms with Crippen molar-refractivity contribution in [2.45, 2.75) is 6.92 Å². The Bertz CT molecular complexity index is 614. The number of aromatic nitrogens is 2. The third kappa shape index (κ3) is 2.79. The van der Waals surface area contributed by atoms with Crippen molar-refractivity contribution in [1.82, 2.24) is 9.97 Å². The fourth-order valence-electron chi connectivity index (χ4n) is 1.54. The van der Waals surface area contributed by atoms with Crippen molar-refractivity contribution in [1.29, 1.82) is 0 Å². The van der Waals surface area contributed by atoms with Crippen LogP contribution in [0.15, 0.2) is 30.5 Å². The van der Waals surface area contributed by atoms with Gasteiger partial charge in [0.1, 0.15) is 5.56 Å². The summed E-state index contributed by atoms with van der Waals surface area (Å²) in [5.74, 6) is -0.775. The van der Waals surface area contributed by atoms with Gasteiger partial charge in [0.05, 0.1) is 6.61 Å². The first-order chi connectivity index (χ1) is 9.11. The van der Waals surface area contributed by atoms with Crippen LogP contribution in [0.3, 0.4) is 0 Å². The molecule has 98 valence electrons. The van der Waals surface area contributed by atoms with Gasteiger partial charge in [-0.25, -0.2) is 9.78 Å². The molecule has 0 bridgehead atoms. The third-order valence-electron chi connectivity index (χ3n) is 2.41. The highest BCUT2D eigenvalue weighted by atomic mass is 16.5. The minimum atomic E-state index is -0.654. The van der Waals surface area contributed by atoms with E-state index in [9.17, 15) is 9.90 Å². The van der Waals surface area contributed by atoms with Crippen LogP contribution in [0.5, 0.6) is 5.88 Å². The zero-order valence-electron chi connectivity index (χ0n) is 10.3. The van der Waals surface area contributed by atoms with Gasteiger partial charge >= 0.3 is 5.97 Å². The van der Waals surface area contributed by atoms with Crippen LogP contribution in [0, 0.1) is 0 Å². The van der Waals surface area contributed by atoms with Crippen LogP contribution < -0.4 is 5.73 Å². The summed E-state index contributed by atoms with van der Waals surface area (Å²) >= 11 is 0. The Kier molecular flexibility index (Phi) is 3.61. The van der Waals surface area contributed by atoms with Gasteiger partial charge in [-0.05, 0) is 19.1 Å². The first-order valence-electron chi connectivity index (χ1n) is 5.71. The molecule has 0 aliphatic carbocycles. The predicted molar refractivity (Wildman–Crippen MR) is 69.5 cm³/mol. The number of rotatable bonds is 3. The Morgan fingerprint density at radius 1 is 1.47 bits per heavy atom. The smallest absolute Gasteiger partial charge is 0.345 e. The fourth-order valence-corrected chi connectivity index (χ4v) is 1.54. The molecule has 6 nitrogen and oxygen atoms in total. The van der Waals surface area contributed by atoms with Crippen molar-refractivity contribution in [2.24, 2.45) is 0 Å². The highest BCUT2D eigenvalue weighted by Crippen LogP contribution is 2.21. The molecule has 19 heavy (non-hydrogen) atoms. The number of aromatic hydroxyl groups is 1. The summed E-state index contributed by atoms with van der Waals surface area (Å²) in [7, 11) is 0. The maximum atomic E-state index is 11.5. The van der Waals surface area contributed by atoms with Gasteiger partial charge in [-0.3, -0.25) is 0 Å². The molecule has 1 heterocycles. The van der Waals surface area contributed by atoms with Crippen molar-refractivity contribution in [2.75, 3.05) is 12.3 Å². The van der Waals surface area contributed by atoms with E-state index < -0.39 is 11.8 Å². The number of anilines is 1. The van der Waals surface area contributed by atoms with Gasteiger partial charge in [0.25, 0.3) is 0 Å². The van der Waals surface area contributed by atoms with E-state index in [0.29, 0.717) is 11.3 Å². The molecule has 2 rings (SSSR count). The summed E-state index contributed by atoms with van der Waals surface area (Å²) in [4.78, 5) is 19.4. The van der Waals surface area contributed by atoms with Gasteiger partial charge < -0.3 is 15.6 Å². The highest BCUT2D eigenvalue weighted by Gasteiger charge is 2.15. The number of nitrogens with zero attached hydrogens (tertiary/aromatic N) is 2. The topological polar surface area (TPSA) is 98.3 Å². The normalized spacial score (nSPS) is 10.2. The lowest BCUT2D eigenvalue weighted by atomic mass is 10.2. The largest absolute Gasteiger partial charge is 0.493 e. The maximum absolute atomic E-state index is 11.5. The molecule has 0 fully saturated rings. The van der Waals surface area contributed by atoms with Crippen molar-refractivity contribution < 1.29 is 14.6 Å². The molecular weight excluding hydrogens is 246 g/mol. The van der Waals surface area contributed by atoms with Crippen molar-refractivity contribution in [3.8, 4) is 17.3 Å². The summed E-state index contributed by atoms with van der Waals surface area (Å²) in [6.45, 7) is 1.90. The van der Waals surface area contributed by atoms with Crippen molar-refractivity contribution in [3.63, 3.8) is 0 Å². The fraction of sp³-hybridized carbons (Fsp3) is 0.154. The van der Waals surface area contributed by atoms with Crippen molar-refractivity contribution >= 4 is 11.7 Å². The molecule has 3 N–H and O–H groups in total. The Hall–Kier alpha value is -2.63. The lowest BCUT2D eigenvalue weighted by Gasteiger charge is -2.05. The maximum Gasteiger partial charge on any atom is 0.345 e. The number of nitrogens with two attached hydrogens (primary N) is 1. The van der Waals surface area contributed by atoms with Crippen LogP contribution in [0.4, 0.5) is 5.69 Å². The molecule has 6 heteroatoms. The number of hydrogen-bond donors (Lipinski definition) is 2. The molecule has 2 aromatic rings. The second-order valence-electron chi connectivity index (χ2n) is 3.78. The summed E-state index contributed by atoms with van der Waals surface area (Å²) in [5.41, 5.74) is 6.82. The number of esters is 1. The molecule has 0 radical (unpaired) electrons. The molecule has 0 aliphatic heterocycles. The van der Waals surface area contributed by atoms with Crippen molar-refractivity contribution in [3.05, 3.63) is 36.0 Å². The van der Waals surface area contributed by atoms with Crippen LogP contribution in [-0.2, 0) is 4.74 Å². The molecule has 0 spiro atoms. The molecule has 0 saturated heterocycles. The Labute approximate surface area is 109 Å². The molecule has 0 atom stereocenters. The molecule has 0 amide bonds. The molecule has 0 saturated carbocycles. The van der Waals surface area contributed by atoms with E-state index in [0.717, 1.165) is 0 Å². The molecule has 1 aromatic carbocycles. The number of hydrogen-bond acceptors (Lipinski definition) is 6. The summed E-state index contributed by atoms with van der Waals surface area (Å²) in [6, 6.07) is 6.93. The number of carbonyl (C=O) groups excluding carboxylic acids is 1. The van der Waals surface area contributed by atoms with Gasteiger partial charge in [0, 0.05) is 17.4 Å². The van der Waals surface area contributed by atoms with Gasteiger partial charge in [-0.2, -0.15) is 4.98 Å². The number of ether oxygens (including phenoxy) is 1. The summed E-state index contributed by atoms with van der Waals surface area (Å²) < 4.78 is 4.77. The van der Waals surface area contributed by atoms with Crippen LogP contribution in [0.1, 0.15) is 17.3 Å². The zero-order chi connectivity index (χ0) is 13.8. The lowest BCUT2D eigenvalue weighted by Crippen LogP contribution is -2.07. The Balaban J connectivity index is 2.36. The van der Waals surface area contributed by atoms with Gasteiger partial charge in [0.2, 0.25) is 5.88 Å². The van der Waals surface area contributed by atoms with Crippen LogP contribution in [0.2, 0.25) is 0 Å². The molecule has 1 aromatic heterocycles. The second kappa shape index (κ2) is 5.34. The van der Waals surface area contributed by atoms with Crippen LogP contribution in [0.25, 0.3) is 11.4 Å². The predicted octanol–water partition coefficient (Wildman–Crippen LogP) is 1.61. The van der Waals surface area contributed by atoms with E-state index in [4.69, 9.17) is 10.5 Å². The molecule has 0 unspecified atom stereocenters. The average molecular weight is 259 g/mol. The first kappa shape index (κ1) is 12.8. The van der Waals surface area contributed by atoms with E-state index in [1.54, 1.807) is 31.2 Å². The second-order valence-corrected chi connectivity index (χ2v) is 3.78. The van der Waals surface area contributed by atoms with E-state index in [2.05, 4.69) is 9.97 Å². The van der Waals surface area contributed by atoms with Gasteiger partial charge in [-0.1, -0.05) is 12.1 Å². The number of carbonyl (C=O) groups is 1. The minimum absolute atomic E-state index is 0.0606. The number of benzene rings is 1. The average Bonchev–Trinajstić information content (AvgIpc) is 2.38. The minimum Gasteiger partial charge on any atom is -0.493 e. The first-order valence-corrected chi connectivity index (χ1v) is 5.71. The van der Waals surface area contributed by atoms with Gasteiger partial charge in [-0.15, -0.1) is 0 Å². The number of nitrogen functional groups attached to an aromatic ring is 1. The Morgan fingerprint density at radius 3 is 2.89 bits per heavy atom. The standard InChI is InChI=1S/C13H13N3O3/c1-2-19-13(18)10-7-15-11(16-12(10)17)8-4-3-5-9(14)6-8/h3-7H,2,14H2,1H3,(H,15,16,17). The van der Waals surface area contributed by atoms with Crippen LogP contribution >= 0.6 is 0 Å². The zero-order valence-corrected chi connectivity index (χ0v) is 10.3. The monoisotopic (exact) mass is 259 g/mol. The SMILES string of the molecule is CCOC(=O)c1cnc(-c2cccc(N)c2)nc1O. The van der Waals surface area contributed by atoms with E-state index in [1.165, 1.54) is 6.20 Å². The highest BCUT2D eigenvalue weighted by molar-refractivity contribution is 5.91. The lowest BCUT2D eigenvalue weighted by molar-refractivity contribution is 0.0521.